The van der Waals surface area contributed by atoms with Crippen molar-refractivity contribution in [1.29, 1.82) is 0 Å². The number of nitrogens with one attached hydrogen (secondary N) is 1. The van der Waals surface area contributed by atoms with Crippen molar-refractivity contribution in [2.75, 3.05) is 5.75 Å². The largest absolute Gasteiger partial charge is 0.352 e. The maximum absolute atomic E-state index is 13.2. The molecule has 2 amide bonds. The lowest BCUT2D eigenvalue weighted by molar-refractivity contribution is -0.139. The zero-order valence-electron chi connectivity index (χ0n) is 19.0. The maximum Gasteiger partial charge on any atom is 0.242 e. The highest BCUT2D eigenvalue weighted by molar-refractivity contribution is 9.10. The number of halogens is 1. The Morgan fingerprint density at radius 2 is 1.81 bits per heavy atom. The Hall–Kier alpha value is -1.79. The van der Waals surface area contributed by atoms with Gasteiger partial charge >= 0.3 is 0 Å². The first-order valence-electron chi connectivity index (χ1n) is 11.4. The number of carbonyl (C=O) groups excluding carboxylic acids is 2. The van der Waals surface area contributed by atoms with Gasteiger partial charge in [0.15, 0.2) is 0 Å². The molecular weight excluding hydrogens is 484 g/mol. The molecule has 1 atom stereocenters. The summed E-state index contributed by atoms with van der Waals surface area (Å²) in [5, 5.41) is 3.19. The smallest absolute Gasteiger partial charge is 0.242 e. The van der Waals surface area contributed by atoms with Gasteiger partial charge in [-0.15, -0.1) is 11.8 Å². The van der Waals surface area contributed by atoms with Gasteiger partial charge in [0, 0.05) is 22.8 Å². The van der Waals surface area contributed by atoms with Crippen molar-refractivity contribution in [3.05, 3.63) is 69.7 Å². The molecule has 1 aliphatic rings. The Morgan fingerprint density at radius 3 is 2.50 bits per heavy atom. The maximum atomic E-state index is 13.2. The molecule has 172 valence electrons. The molecule has 32 heavy (non-hydrogen) atoms. The number of aryl methyl sites for hydroxylation is 1. The third-order valence-electron chi connectivity index (χ3n) is 5.96. The molecule has 1 saturated carbocycles. The second-order valence-corrected chi connectivity index (χ2v) is 10.6. The molecule has 1 N–H and O–H groups in total. The highest BCUT2D eigenvalue weighted by atomic mass is 79.9. The molecule has 0 unspecified atom stereocenters. The number of thioether (sulfide) groups is 1. The average molecular weight is 518 g/mol. The van der Waals surface area contributed by atoms with Crippen molar-refractivity contribution < 1.29 is 9.59 Å². The van der Waals surface area contributed by atoms with E-state index in [9.17, 15) is 9.59 Å². The van der Waals surface area contributed by atoms with Gasteiger partial charge in [0.1, 0.15) is 6.04 Å². The van der Waals surface area contributed by atoms with E-state index in [0.717, 1.165) is 47.0 Å². The Labute approximate surface area is 204 Å². The van der Waals surface area contributed by atoms with Gasteiger partial charge in [0.05, 0.1) is 5.75 Å². The predicted octanol–water partition coefficient (Wildman–Crippen LogP) is 5.86. The zero-order valence-corrected chi connectivity index (χ0v) is 21.4. The van der Waals surface area contributed by atoms with Gasteiger partial charge in [-0.3, -0.25) is 9.59 Å². The topological polar surface area (TPSA) is 49.4 Å². The number of amides is 2. The summed E-state index contributed by atoms with van der Waals surface area (Å²) in [4.78, 5) is 28.0. The number of rotatable bonds is 9. The number of nitrogens with zero attached hydrogens (tertiary/aromatic N) is 1. The molecule has 0 heterocycles. The standard InChI is InChI=1S/C26H33BrN2O2S/c1-19-7-6-8-22(15-19)16-29(20(2)26(31)28-24-9-4-3-5-10-24)25(30)18-32-17-21-11-13-23(27)14-12-21/h6-8,11-15,20,24H,3-5,9-10,16-18H2,1-2H3,(H,28,31)/t20-/m0/s1. The van der Waals surface area contributed by atoms with Crippen LogP contribution in [-0.2, 0) is 21.9 Å². The van der Waals surface area contributed by atoms with Gasteiger partial charge in [-0.1, -0.05) is 77.2 Å². The molecule has 0 aliphatic heterocycles. The molecule has 2 aromatic carbocycles. The molecule has 0 radical (unpaired) electrons. The summed E-state index contributed by atoms with van der Waals surface area (Å²) in [5.41, 5.74) is 3.38. The number of hydrogen-bond donors (Lipinski definition) is 1. The minimum absolute atomic E-state index is 0.0000815. The van der Waals surface area contributed by atoms with E-state index in [0.29, 0.717) is 12.3 Å². The molecule has 0 bridgehead atoms. The fraction of sp³-hybridized carbons (Fsp3) is 0.462. The van der Waals surface area contributed by atoms with E-state index in [1.807, 2.05) is 44.2 Å². The van der Waals surface area contributed by atoms with Crippen molar-refractivity contribution in [3.63, 3.8) is 0 Å². The van der Waals surface area contributed by atoms with Crippen LogP contribution in [0.2, 0.25) is 0 Å². The molecule has 1 fully saturated rings. The summed E-state index contributed by atoms with van der Waals surface area (Å²) in [6, 6.07) is 16.0. The number of benzene rings is 2. The Balaban J connectivity index is 1.64. The fourth-order valence-electron chi connectivity index (χ4n) is 4.08. The van der Waals surface area contributed by atoms with Crippen LogP contribution in [0.1, 0.15) is 55.7 Å². The minimum atomic E-state index is -0.502. The van der Waals surface area contributed by atoms with Crippen LogP contribution in [0.4, 0.5) is 0 Å². The van der Waals surface area contributed by atoms with Crippen molar-refractivity contribution in [3.8, 4) is 0 Å². The molecule has 2 aromatic rings. The van der Waals surface area contributed by atoms with Crippen LogP contribution in [0.3, 0.4) is 0 Å². The Morgan fingerprint density at radius 1 is 1.09 bits per heavy atom. The molecule has 0 saturated heterocycles. The Kier molecular flexibility index (Phi) is 9.67. The summed E-state index contributed by atoms with van der Waals surface area (Å²) < 4.78 is 1.05. The predicted molar refractivity (Wildman–Crippen MR) is 137 cm³/mol. The lowest BCUT2D eigenvalue weighted by atomic mass is 9.95. The molecule has 0 spiro atoms. The molecule has 4 nitrogen and oxygen atoms in total. The molecule has 1 aliphatic carbocycles. The molecule has 0 aromatic heterocycles. The van der Waals surface area contributed by atoms with Crippen molar-refractivity contribution >= 4 is 39.5 Å². The van der Waals surface area contributed by atoms with E-state index in [4.69, 9.17) is 0 Å². The van der Waals surface area contributed by atoms with E-state index >= 15 is 0 Å². The minimum Gasteiger partial charge on any atom is -0.352 e. The Bertz CT molecular complexity index is 897. The zero-order chi connectivity index (χ0) is 22.9. The monoisotopic (exact) mass is 516 g/mol. The molecule has 6 heteroatoms. The van der Waals surface area contributed by atoms with Gasteiger partial charge in [0.2, 0.25) is 11.8 Å². The van der Waals surface area contributed by atoms with Crippen molar-refractivity contribution in [2.24, 2.45) is 0 Å². The molecule has 3 rings (SSSR count). The SMILES string of the molecule is Cc1cccc(CN(C(=O)CSCc2ccc(Br)cc2)[C@@H](C)C(=O)NC2CCCCC2)c1. The lowest BCUT2D eigenvalue weighted by Gasteiger charge is -2.31. The van der Waals surface area contributed by atoms with Crippen LogP contribution < -0.4 is 5.32 Å². The van der Waals surface area contributed by atoms with Crippen LogP contribution >= 0.6 is 27.7 Å². The van der Waals surface area contributed by atoms with Gasteiger partial charge in [-0.2, -0.15) is 0 Å². The van der Waals surface area contributed by atoms with Gasteiger partial charge in [-0.25, -0.2) is 0 Å². The first-order chi connectivity index (χ1) is 15.4. The first-order valence-corrected chi connectivity index (χ1v) is 13.3. The van der Waals surface area contributed by atoms with E-state index < -0.39 is 6.04 Å². The summed E-state index contributed by atoms with van der Waals surface area (Å²) in [6.45, 7) is 4.34. The third-order valence-corrected chi connectivity index (χ3v) is 7.48. The van der Waals surface area contributed by atoms with Crippen LogP contribution in [0.5, 0.6) is 0 Å². The summed E-state index contributed by atoms with van der Waals surface area (Å²) in [5.74, 6) is 1.07. The van der Waals surface area contributed by atoms with Crippen LogP contribution in [0, 0.1) is 6.92 Å². The normalized spacial score (nSPS) is 15.2. The van der Waals surface area contributed by atoms with Crippen LogP contribution in [0.15, 0.2) is 53.0 Å². The van der Waals surface area contributed by atoms with E-state index in [-0.39, 0.29) is 17.9 Å². The van der Waals surface area contributed by atoms with Gasteiger partial charge in [0.25, 0.3) is 0 Å². The fourth-order valence-corrected chi connectivity index (χ4v) is 5.21. The van der Waals surface area contributed by atoms with Crippen LogP contribution in [-0.4, -0.2) is 34.6 Å². The summed E-state index contributed by atoms with van der Waals surface area (Å²) in [7, 11) is 0. The van der Waals surface area contributed by atoms with Gasteiger partial charge < -0.3 is 10.2 Å². The van der Waals surface area contributed by atoms with E-state index in [1.165, 1.54) is 12.0 Å². The number of hydrogen-bond acceptors (Lipinski definition) is 3. The highest BCUT2D eigenvalue weighted by Crippen LogP contribution is 2.20. The van der Waals surface area contributed by atoms with Gasteiger partial charge in [-0.05, 0) is 49.9 Å². The number of carbonyl (C=O) groups is 2. The lowest BCUT2D eigenvalue weighted by Crippen LogP contribution is -2.50. The summed E-state index contributed by atoms with van der Waals surface area (Å²) >= 11 is 5.04. The van der Waals surface area contributed by atoms with Crippen molar-refractivity contribution in [1.82, 2.24) is 10.2 Å². The molecular formula is C26H33BrN2O2S. The second-order valence-electron chi connectivity index (χ2n) is 8.65. The average Bonchev–Trinajstić information content (AvgIpc) is 2.79. The first kappa shape index (κ1) is 24.8. The quantitative estimate of drug-likeness (QED) is 0.454. The van der Waals surface area contributed by atoms with E-state index in [1.54, 1.807) is 16.7 Å². The highest BCUT2D eigenvalue weighted by Gasteiger charge is 2.28. The third kappa shape index (κ3) is 7.66. The summed E-state index contributed by atoms with van der Waals surface area (Å²) in [6.07, 6.45) is 5.64. The van der Waals surface area contributed by atoms with Crippen molar-refractivity contribution in [2.45, 2.75) is 70.3 Å². The van der Waals surface area contributed by atoms with E-state index in [2.05, 4.69) is 39.4 Å². The second kappa shape index (κ2) is 12.4. The van der Waals surface area contributed by atoms with Crippen LogP contribution in [0.25, 0.3) is 0 Å².